The third kappa shape index (κ3) is 4.84. The third-order valence-corrected chi connectivity index (χ3v) is 3.46. The Kier molecular flexibility index (Phi) is 7.09. The van der Waals surface area contributed by atoms with E-state index in [-0.39, 0.29) is 6.04 Å². The number of nitrogen functional groups attached to an aromatic ring is 1. The van der Waals surface area contributed by atoms with E-state index in [0.29, 0.717) is 10.7 Å². The Hall–Kier alpha value is -0.770. The molecule has 0 aliphatic carbocycles. The maximum atomic E-state index is 5.97. The number of nitrogens with one attached hydrogen (secondary N) is 1. The minimum atomic E-state index is 0.115. The molecule has 0 fully saturated rings. The van der Waals surface area contributed by atoms with Crippen LogP contribution in [-0.4, -0.2) is 0 Å². The summed E-state index contributed by atoms with van der Waals surface area (Å²) in [6.07, 6.45) is 7.29. The molecular formula is C14H24ClN3. The number of rotatable bonds is 8. The molecule has 0 aromatic heterocycles. The van der Waals surface area contributed by atoms with Crippen molar-refractivity contribution in [3.8, 4) is 0 Å². The fourth-order valence-corrected chi connectivity index (χ4v) is 2.32. The molecule has 102 valence electrons. The van der Waals surface area contributed by atoms with Crippen molar-refractivity contribution in [2.75, 3.05) is 5.73 Å². The minimum absolute atomic E-state index is 0.115. The Morgan fingerprint density at radius 2 is 1.94 bits per heavy atom. The SMILES string of the molecule is CCCCCCCC(NN)c1ccc(Cl)cc1N. The topological polar surface area (TPSA) is 64.1 Å². The molecule has 1 aromatic carbocycles. The fraction of sp³-hybridized carbons (Fsp3) is 0.571. The summed E-state index contributed by atoms with van der Waals surface area (Å²) in [6, 6.07) is 5.70. The highest BCUT2D eigenvalue weighted by atomic mass is 35.5. The largest absolute Gasteiger partial charge is 0.398 e. The predicted molar refractivity (Wildman–Crippen MR) is 79.3 cm³/mol. The van der Waals surface area contributed by atoms with Crippen molar-refractivity contribution < 1.29 is 0 Å². The van der Waals surface area contributed by atoms with Gasteiger partial charge in [-0.05, 0) is 24.1 Å². The first-order valence-electron chi connectivity index (χ1n) is 6.70. The molecule has 5 N–H and O–H groups in total. The number of unbranched alkanes of at least 4 members (excludes halogenated alkanes) is 4. The highest BCUT2D eigenvalue weighted by molar-refractivity contribution is 6.30. The van der Waals surface area contributed by atoms with Gasteiger partial charge in [-0.3, -0.25) is 11.3 Å². The van der Waals surface area contributed by atoms with Crippen LogP contribution in [0.15, 0.2) is 18.2 Å². The van der Waals surface area contributed by atoms with Gasteiger partial charge in [0.05, 0.1) is 0 Å². The van der Waals surface area contributed by atoms with Crippen LogP contribution in [0.4, 0.5) is 5.69 Å². The molecule has 0 radical (unpaired) electrons. The van der Waals surface area contributed by atoms with Gasteiger partial charge >= 0.3 is 0 Å². The average molecular weight is 270 g/mol. The molecule has 1 atom stereocenters. The lowest BCUT2D eigenvalue weighted by molar-refractivity contribution is 0.480. The molecule has 18 heavy (non-hydrogen) atoms. The van der Waals surface area contributed by atoms with E-state index in [1.54, 1.807) is 6.07 Å². The molecule has 0 bridgehead atoms. The van der Waals surface area contributed by atoms with E-state index in [9.17, 15) is 0 Å². The van der Waals surface area contributed by atoms with E-state index < -0.39 is 0 Å². The second kappa shape index (κ2) is 8.35. The molecule has 1 aromatic rings. The molecule has 0 saturated carbocycles. The Labute approximate surface area is 115 Å². The Morgan fingerprint density at radius 1 is 1.22 bits per heavy atom. The number of hydrogen-bond acceptors (Lipinski definition) is 3. The van der Waals surface area contributed by atoms with Crippen LogP contribution in [0.1, 0.15) is 57.1 Å². The van der Waals surface area contributed by atoms with E-state index in [1.165, 1.54) is 25.7 Å². The summed E-state index contributed by atoms with van der Waals surface area (Å²) in [4.78, 5) is 0. The number of benzene rings is 1. The minimum Gasteiger partial charge on any atom is -0.398 e. The van der Waals surface area contributed by atoms with Crippen LogP contribution >= 0.6 is 11.6 Å². The summed E-state index contributed by atoms with van der Waals surface area (Å²) in [5.74, 6) is 5.61. The molecule has 0 aliphatic rings. The van der Waals surface area contributed by atoms with Gasteiger partial charge in [-0.2, -0.15) is 0 Å². The van der Waals surface area contributed by atoms with Gasteiger partial charge in [-0.15, -0.1) is 0 Å². The molecule has 4 heteroatoms. The van der Waals surface area contributed by atoms with Crippen LogP contribution in [0.2, 0.25) is 5.02 Å². The summed E-state index contributed by atoms with van der Waals surface area (Å²) in [7, 11) is 0. The maximum absolute atomic E-state index is 5.97. The second-order valence-corrected chi connectivity index (χ2v) is 5.13. The zero-order valence-corrected chi connectivity index (χ0v) is 11.8. The van der Waals surface area contributed by atoms with E-state index >= 15 is 0 Å². The van der Waals surface area contributed by atoms with Gasteiger partial charge in [0.15, 0.2) is 0 Å². The molecule has 1 unspecified atom stereocenters. The Bertz CT molecular complexity index is 355. The maximum Gasteiger partial charge on any atom is 0.0480 e. The number of nitrogens with two attached hydrogens (primary N) is 2. The van der Waals surface area contributed by atoms with Crippen LogP contribution in [0.3, 0.4) is 0 Å². The molecular weight excluding hydrogens is 246 g/mol. The standard InChI is InChI=1S/C14H24ClN3/c1-2-3-4-5-6-7-14(18-17)12-9-8-11(15)10-13(12)16/h8-10,14,18H,2-7,16-17H2,1H3. The molecule has 0 spiro atoms. The lowest BCUT2D eigenvalue weighted by Gasteiger charge is -2.18. The van der Waals surface area contributed by atoms with Gasteiger partial charge in [0, 0.05) is 16.8 Å². The van der Waals surface area contributed by atoms with E-state index in [1.807, 2.05) is 12.1 Å². The van der Waals surface area contributed by atoms with Crippen LogP contribution in [0, 0.1) is 0 Å². The number of hydrogen-bond donors (Lipinski definition) is 3. The van der Waals surface area contributed by atoms with E-state index in [4.69, 9.17) is 23.2 Å². The predicted octanol–water partition coefficient (Wildman–Crippen LogP) is 3.79. The first-order valence-corrected chi connectivity index (χ1v) is 7.08. The summed E-state index contributed by atoms with van der Waals surface area (Å²) in [6.45, 7) is 2.22. The Balaban J connectivity index is 2.49. The van der Waals surface area contributed by atoms with E-state index in [2.05, 4.69) is 12.3 Å². The summed E-state index contributed by atoms with van der Waals surface area (Å²) in [5, 5.41) is 0.662. The highest BCUT2D eigenvalue weighted by Gasteiger charge is 2.12. The fourth-order valence-electron chi connectivity index (χ4n) is 2.14. The van der Waals surface area contributed by atoms with Crippen LogP contribution in [-0.2, 0) is 0 Å². The van der Waals surface area contributed by atoms with Crippen LogP contribution in [0.25, 0.3) is 0 Å². The summed E-state index contributed by atoms with van der Waals surface area (Å²) in [5.41, 5.74) is 10.6. The van der Waals surface area contributed by atoms with Gasteiger partial charge < -0.3 is 5.73 Å². The van der Waals surface area contributed by atoms with Crippen molar-refractivity contribution in [1.29, 1.82) is 0 Å². The van der Waals surface area contributed by atoms with Crippen molar-refractivity contribution in [3.63, 3.8) is 0 Å². The molecule has 0 amide bonds. The van der Waals surface area contributed by atoms with Gasteiger partial charge in [0.2, 0.25) is 0 Å². The van der Waals surface area contributed by atoms with Crippen molar-refractivity contribution in [1.82, 2.24) is 5.43 Å². The number of hydrazine groups is 1. The molecule has 0 heterocycles. The van der Waals surface area contributed by atoms with Crippen molar-refractivity contribution in [2.45, 2.75) is 51.5 Å². The normalized spacial score (nSPS) is 12.6. The summed E-state index contributed by atoms with van der Waals surface area (Å²) >= 11 is 5.89. The number of halogens is 1. The smallest absolute Gasteiger partial charge is 0.0480 e. The first kappa shape index (κ1) is 15.3. The zero-order valence-electron chi connectivity index (χ0n) is 11.1. The van der Waals surface area contributed by atoms with Gasteiger partial charge in [0.1, 0.15) is 0 Å². The van der Waals surface area contributed by atoms with Crippen LogP contribution < -0.4 is 17.0 Å². The summed E-state index contributed by atoms with van der Waals surface area (Å²) < 4.78 is 0. The molecule has 0 saturated heterocycles. The molecule has 1 rings (SSSR count). The van der Waals surface area contributed by atoms with Gasteiger partial charge in [0.25, 0.3) is 0 Å². The highest BCUT2D eigenvalue weighted by Crippen LogP contribution is 2.27. The quantitative estimate of drug-likeness (QED) is 0.291. The van der Waals surface area contributed by atoms with Crippen molar-refractivity contribution in [2.24, 2.45) is 5.84 Å². The lowest BCUT2D eigenvalue weighted by Crippen LogP contribution is -2.28. The second-order valence-electron chi connectivity index (χ2n) is 4.70. The monoisotopic (exact) mass is 269 g/mol. The Morgan fingerprint density at radius 3 is 2.56 bits per heavy atom. The van der Waals surface area contributed by atoms with Crippen molar-refractivity contribution in [3.05, 3.63) is 28.8 Å². The first-order chi connectivity index (χ1) is 8.69. The van der Waals surface area contributed by atoms with Crippen molar-refractivity contribution >= 4 is 17.3 Å². The molecule has 3 nitrogen and oxygen atoms in total. The lowest BCUT2D eigenvalue weighted by atomic mass is 9.99. The third-order valence-electron chi connectivity index (χ3n) is 3.22. The molecule has 0 aliphatic heterocycles. The average Bonchev–Trinajstić information content (AvgIpc) is 2.35. The van der Waals surface area contributed by atoms with Gasteiger partial charge in [-0.1, -0.05) is 56.7 Å². The van der Waals surface area contributed by atoms with Gasteiger partial charge in [-0.25, -0.2) is 0 Å². The zero-order chi connectivity index (χ0) is 13.4. The number of anilines is 1. The van der Waals surface area contributed by atoms with Crippen LogP contribution in [0.5, 0.6) is 0 Å². The van der Waals surface area contributed by atoms with E-state index in [0.717, 1.165) is 18.4 Å².